The molecule has 1 heterocycles. The summed E-state index contributed by atoms with van der Waals surface area (Å²) in [6.07, 6.45) is 3.83. The molecule has 0 aliphatic heterocycles. The average molecular weight is 190 g/mol. The van der Waals surface area contributed by atoms with E-state index >= 15 is 0 Å². The fourth-order valence-corrected chi connectivity index (χ4v) is 1.38. The highest BCUT2D eigenvalue weighted by Crippen LogP contribution is 2.29. The van der Waals surface area contributed by atoms with Gasteiger partial charge in [-0.2, -0.15) is 0 Å². The molecule has 1 amide bonds. The standard InChI is InChI=1S/C11H14N2O/c1-8(10-4-2-3-7-12-10)13-11(14)9-5-6-9/h2-4,7-9H,5-6H2,1H3,(H,13,14)/t8-/m1/s1. The SMILES string of the molecule is C[C@@H](NC(=O)C1CC1)c1ccccn1. The molecule has 0 spiro atoms. The molecular formula is C11H14N2O. The summed E-state index contributed by atoms with van der Waals surface area (Å²) in [7, 11) is 0. The quantitative estimate of drug-likeness (QED) is 0.787. The number of rotatable bonds is 3. The van der Waals surface area contributed by atoms with Gasteiger partial charge in [0, 0.05) is 12.1 Å². The molecule has 2 rings (SSSR count). The van der Waals surface area contributed by atoms with Crippen LogP contribution in [-0.2, 0) is 4.79 Å². The minimum absolute atomic E-state index is 0.0179. The van der Waals surface area contributed by atoms with Crippen LogP contribution in [0.15, 0.2) is 24.4 Å². The number of hydrogen-bond acceptors (Lipinski definition) is 2. The topological polar surface area (TPSA) is 42.0 Å². The molecule has 1 atom stereocenters. The highest BCUT2D eigenvalue weighted by atomic mass is 16.2. The van der Waals surface area contributed by atoms with Crippen LogP contribution in [0, 0.1) is 5.92 Å². The molecule has 3 heteroatoms. The maximum atomic E-state index is 11.5. The van der Waals surface area contributed by atoms with Crippen LogP contribution in [0.4, 0.5) is 0 Å². The third-order valence-electron chi connectivity index (χ3n) is 2.44. The van der Waals surface area contributed by atoms with E-state index in [1.165, 1.54) is 0 Å². The zero-order chi connectivity index (χ0) is 9.97. The van der Waals surface area contributed by atoms with Gasteiger partial charge in [0.05, 0.1) is 11.7 Å². The first kappa shape index (κ1) is 9.19. The molecule has 1 aliphatic rings. The summed E-state index contributed by atoms with van der Waals surface area (Å²) in [6.45, 7) is 1.96. The van der Waals surface area contributed by atoms with Crippen LogP contribution in [0.5, 0.6) is 0 Å². The summed E-state index contributed by atoms with van der Waals surface area (Å²) in [5, 5.41) is 2.96. The molecule has 0 saturated heterocycles. The first-order valence-corrected chi connectivity index (χ1v) is 4.98. The third-order valence-corrected chi connectivity index (χ3v) is 2.44. The second kappa shape index (κ2) is 3.78. The molecule has 1 N–H and O–H groups in total. The molecule has 0 aromatic carbocycles. The number of amides is 1. The third kappa shape index (κ3) is 2.10. The van der Waals surface area contributed by atoms with Gasteiger partial charge < -0.3 is 5.32 Å². The van der Waals surface area contributed by atoms with Crippen LogP contribution in [0.2, 0.25) is 0 Å². The van der Waals surface area contributed by atoms with Gasteiger partial charge in [-0.25, -0.2) is 0 Å². The van der Waals surface area contributed by atoms with E-state index in [0.717, 1.165) is 18.5 Å². The Bertz CT molecular complexity index is 319. The van der Waals surface area contributed by atoms with Gasteiger partial charge >= 0.3 is 0 Å². The van der Waals surface area contributed by atoms with E-state index in [-0.39, 0.29) is 17.9 Å². The Morgan fingerprint density at radius 2 is 2.36 bits per heavy atom. The van der Waals surface area contributed by atoms with Crippen molar-refractivity contribution in [3.05, 3.63) is 30.1 Å². The van der Waals surface area contributed by atoms with E-state index in [2.05, 4.69) is 10.3 Å². The van der Waals surface area contributed by atoms with Crippen molar-refractivity contribution in [2.24, 2.45) is 5.92 Å². The van der Waals surface area contributed by atoms with Crippen LogP contribution in [0.25, 0.3) is 0 Å². The maximum absolute atomic E-state index is 11.5. The first-order valence-electron chi connectivity index (χ1n) is 4.98. The molecule has 1 aromatic rings. The lowest BCUT2D eigenvalue weighted by atomic mass is 10.2. The zero-order valence-electron chi connectivity index (χ0n) is 8.23. The Morgan fingerprint density at radius 3 is 2.93 bits per heavy atom. The summed E-state index contributed by atoms with van der Waals surface area (Å²) in [6, 6.07) is 5.75. The van der Waals surface area contributed by atoms with Gasteiger partial charge in [-0.15, -0.1) is 0 Å². The van der Waals surface area contributed by atoms with Gasteiger partial charge in [0.25, 0.3) is 0 Å². The largest absolute Gasteiger partial charge is 0.348 e. The molecule has 3 nitrogen and oxygen atoms in total. The second-order valence-corrected chi connectivity index (χ2v) is 3.76. The van der Waals surface area contributed by atoms with Crippen molar-refractivity contribution in [3.63, 3.8) is 0 Å². The Kier molecular flexibility index (Phi) is 2.48. The monoisotopic (exact) mass is 190 g/mol. The molecular weight excluding hydrogens is 176 g/mol. The van der Waals surface area contributed by atoms with Crippen molar-refractivity contribution < 1.29 is 4.79 Å². The molecule has 1 aliphatic carbocycles. The highest BCUT2D eigenvalue weighted by molar-refractivity contribution is 5.81. The lowest BCUT2D eigenvalue weighted by molar-refractivity contribution is -0.122. The zero-order valence-corrected chi connectivity index (χ0v) is 8.23. The predicted molar refractivity (Wildman–Crippen MR) is 53.5 cm³/mol. The summed E-state index contributed by atoms with van der Waals surface area (Å²) in [4.78, 5) is 15.6. The minimum Gasteiger partial charge on any atom is -0.348 e. The van der Waals surface area contributed by atoms with Crippen molar-refractivity contribution in [3.8, 4) is 0 Å². The van der Waals surface area contributed by atoms with Gasteiger partial charge in [-0.1, -0.05) is 6.07 Å². The molecule has 0 bridgehead atoms. The number of pyridine rings is 1. The Balaban J connectivity index is 1.95. The smallest absolute Gasteiger partial charge is 0.223 e. The fourth-order valence-electron chi connectivity index (χ4n) is 1.38. The summed E-state index contributed by atoms with van der Waals surface area (Å²) < 4.78 is 0. The maximum Gasteiger partial charge on any atom is 0.223 e. The number of hydrogen-bond donors (Lipinski definition) is 1. The Morgan fingerprint density at radius 1 is 1.57 bits per heavy atom. The predicted octanol–water partition coefficient (Wildman–Crippen LogP) is 1.67. The van der Waals surface area contributed by atoms with Crippen LogP contribution >= 0.6 is 0 Å². The van der Waals surface area contributed by atoms with Gasteiger partial charge in [0.15, 0.2) is 0 Å². The van der Waals surface area contributed by atoms with E-state index in [0.29, 0.717) is 0 Å². The second-order valence-electron chi connectivity index (χ2n) is 3.76. The fraction of sp³-hybridized carbons (Fsp3) is 0.455. The van der Waals surface area contributed by atoms with Crippen molar-refractivity contribution in [2.45, 2.75) is 25.8 Å². The minimum atomic E-state index is 0.0179. The summed E-state index contributed by atoms with van der Waals surface area (Å²) in [5.41, 5.74) is 0.918. The Labute approximate surface area is 83.5 Å². The van der Waals surface area contributed by atoms with Crippen LogP contribution in [0.3, 0.4) is 0 Å². The Hall–Kier alpha value is -1.38. The van der Waals surface area contributed by atoms with E-state index < -0.39 is 0 Å². The van der Waals surface area contributed by atoms with E-state index in [1.54, 1.807) is 6.20 Å². The lowest BCUT2D eigenvalue weighted by Gasteiger charge is -2.12. The normalized spacial score (nSPS) is 17.5. The van der Waals surface area contributed by atoms with E-state index in [9.17, 15) is 4.79 Å². The molecule has 0 unspecified atom stereocenters. The van der Waals surface area contributed by atoms with Gasteiger partial charge in [0.2, 0.25) is 5.91 Å². The van der Waals surface area contributed by atoms with Gasteiger partial charge in [0.1, 0.15) is 0 Å². The van der Waals surface area contributed by atoms with E-state index in [1.807, 2.05) is 25.1 Å². The summed E-state index contributed by atoms with van der Waals surface area (Å²) in [5.74, 6) is 0.435. The molecule has 1 saturated carbocycles. The molecule has 0 radical (unpaired) electrons. The van der Waals surface area contributed by atoms with Crippen molar-refractivity contribution in [1.29, 1.82) is 0 Å². The number of nitrogens with one attached hydrogen (secondary N) is 1. The number of nitrogens with zero attached hydrogens (tertiary/aromatic N) is 1. The number of aromatic nitrogens is 1. The van der Waals surface area contributed by atoms with Crippen molar-refractivity contribution in [2.75, 3.05) is 0 Å². The molecule has 1 aromatic heterocycles. The van der Waals surface area contributed by atoms with Crippen LogP contribution in [-0.4, -0.2) is 10.9 Å². The highest BCUT2D eigenvalue weighted by Gasteiger charge is 2.30. The lowest BCUT2D eigenvalue weighted by Crippen LogP contribution is -2.28. The average Bonchev–Trinajstić information content (AvgIpc) is 3.02. The molecule has 14 heavy (non-hydrogen) atoms. The number of carbonyl (C=O) groups is 1. The summed E-state index contributed by atoms with van der Waals surface area (Å²) >= 11 is 0. The van der Waals surface area contributed by atoms with Crippen molar-refractivity contribution >= 4 is 5.91 Å². The molecule has 1 fully saturated rings. The van der Waals surface area contributed by atoms with Crippen molar-refractivity contribution in [1.82, 2.24) is 10.3 Å². The molecule has 74 valence electrons. The van der Waals surface area contributed by atoms with E-state index in [4.69, 9.17) is 0 Å². The van der Waals surface area contributed by atoms with Gasteiger partial charge in [-0.05, 0) is 31.9 Å². The van der Waals surface area contributed by atoms with Crippen LogP contribution < -0.4 is 5.32 Å². The number of carbonyl (C=O) groups excluding carboxylic acids is 1. The first-order chi connectivity index (χ1) is 6.77. The van der Waals surface area contributed by atoms with Crippen LogP contribution in [0.1, 0.15) is 31.5 Å². The van der Waals surface area contributed by atoms with Gasteiger partial charge in [-0.3, -0.25) is 9.78 Å².